The second-order valence-corrected chi connectivity index (χ2v) is 4.33. The molecule has 3 atom stereocenters. The highest BCUT2D eigenvalue weighted by molar-refractivity contribution is 5.84. The molecule has 0 radical (unpaired) electrons. The molecule has 15 heavy (non-hydrogen) atoms. The molecule has 0 saturated carbocycles. The van der Waals surface area contributed by atoms with Gasteiger partial charge >= 0.3 is 0 Å². The van der Waals surface area contributed by atoms with Crippen molar-refractivity contribution in [1.29, 1.82) is 0 Å². The maximum absolute atomic E-state index is 11.6. The number of hydrogen-bond donors (Lipinski definition) is 2. The van der Waals surface area contributed by atoms with E-state index in [0.717, 1.165) is 12.7 Å². The molecule has 3 N–H and O–H groups in total. The van der Waals surface area contributed by atoms with Crippen LogP contribution in [0.1, 0.15) is 34.1 Å². The number of rotatable bonds is 6. The average Bonchev–Trinajstić information content (AvgIpc) is 2.22. The van der Waals surface area contributed by atoms with Gasteiger partial charge in [-0.1, -0.05) is 34.1 Å². The van der Waals surface area contributed by atoms with Crippen molar-refractivity contribution >= 4 is 12.2 Å². The van der Waals surface area contributed by atoms with Crippen LogP contribution < -0.4 is 11.1 Å². The molecule has 0 aliphatic carbocycles. The largest absolute Gasteiger partial charge is 0.345 e. The van der Waals surface area contributed by atoms with Gasteiger partial charge in [-0.15, -0.1) is 0 Å². The lowest BCUT2D eigenvalue weighted by molar-refractivity contribution is -0.126. The molecule has 0 aromatic rings. The van der Waals surface area contributed by atoms with E-state index in [9.17, 15) is 9.59 Å². The highest BCUT2D eigenvalue weighted by Crippen LogP contribution is 2.06. The Morgan fingerprint density at radius 2 is 1.93 bits per heavy atom. The lowest BCUT2D eigenvalue weighted by Crippen LogP contribution is -2.50. The lowest BCUT2D eigenvalue weighted by Gasteiger charge is -2.22. The van der Waals surface area contributed by atoms with E-state index in [4.69, 9.17) is 5.73 Å². The van der Waals surface area contributed by atoms with Crippen molar-refractivity contribution < 1.29 is 9.59 Å². The molecule has 88 valence electrons. The Morgan fingerprint density at radius 3 is 2.27 bits per heavy atom. The summed E-state index contributed by atoms with van der Waals surface area (Å²) >= 11 is 0. The number of amides is 1. The third-order valence-corrected chi connectivity index (χ3v) is 2.73. The molecule has 0 aliphatic heterocycles. The first-order valence-electron chi connectivity index (χ1n) is 5.45. The van der Waals surface area contributed by atoms with Crippen LogP contribution in [0.4, 0.5) is 0 Å². The van der Waals surface area contributed by atoms with Crippen LogP contribution in [-0.2, 0) is 9.59 Å². The number of nitrogens with one attached hydrogen (secondary N) is 1. The number of aldehydes is 1. The van der Waals surface area contributed by atoms with E-state index in [-0.39, 0.29) is 17.7 Å². The molecule has 0 bridgehead atoms. The number of nitrogens with two attached hydrogens (primary N) is 1. The van der Waals surface area contributed by atoms with Gasteiger partial charge in [-0.05, 0) is 11.8 Å². The molecule has 1 amide bonds. The van der Waals surface area contributed by atoms with Crippen LogP contribution in [-0.4, -0.2) is 24.3 Å². The van der Waals surface area contributed by atoms with Crippen molar-refractivity contribution in [3.63, 3.8) is 0 Å². The fourth-order valence-electron chi connectivity index (χ4n) is 1.13. The lowest BCUT2D eigenvalue weighted by atomic mass is 9.98. The minimum atomic E-state index is -0.545. The predicted molar refractivity (Wildman–Crippen MR) is 60.3 cm³/mol. The normalized spacial score (nSPS) is 16.9. The van der Waals surface area contributed by atoms with Crippen LogP contribution >= 0.6 is 0 Å². The van der Waals surface area contributed by atoms with E-state index in [1.54, 1.807) is 0 Å². The van der Waals surface area contributed by atoms with Gasteiger partial charge in [-0.2, -0.15) is 0 Å². The molecule has 0 saturated heterocycles. The van der Waals surface area contributed by atoms with Gasteiger partial charge in [0.2, 0.25) is 5.91 Å². The van der Waals surface area contributed by atoms with E-state index in [1.165, 1.54) is 0 Å². The van der Waals surface area contributed by atoms with Crippen LogP contribution in [0, 0.1) is 11.8 Å². The van der Waals surface area contributed by atoms with Gasteiger partial charge < -0.3 is 15.8 Å². The number of carbonyl (C=O) groups excluding carboxylic acids is 2. The summed E-state index contributed by atoms with van der Waals surface area (Å²) in [5.41, 5.74) is 5.68. The predicted octanol–water partition coefficient (Wildman–Crippen LogP) is 0.700. The topological polar surface area (TPSA) is 72.2 Å². The summed E-state index contributed by atoms with van der Waals surface area (Å²) in [6, 6.07) is -0.969. The van der Waals surface area contributed by atoms with Gasteiger partial charge in [-0.3, -0.25) is 4.79 Å². The SMILES string of the molecule is CC[C@H](C)[C@@H](C=O)NC(=O)[C@@H](N)C(C)C. The second-order valence-electron chi connectivity index (χ2n) is 4.33. The fourth-order valence-corrected chi connectivity index (χ4v) is 1.13. The molecule has 0 unspecified atom stereocenters. The molecule has 4 nitrogen and oxygen atoms in total. The van der Waals surface area contributed by atoms with E-state index in [0.29, 0.717) is 0 Å². The maximum atomic E-state index is 11.6. The highest BCUT2D eigenvalue weighted by atomic mass is 16.2. The van der Waals surface area contributed by atoms with Crippen LogP contribution in [0.15, 0.2) is 0 Å². The minimum Gasteiger partial charge on any atom is -0.345 e. The molecule has 0 heterocycles. The van der Waals surface area contributed by atoms with Crippen LogP contribution in [0.3, 0.4) is 0 Å². The quantitative estimate of drug-likeness (QED) is 0.639. The Labute approximate surface area is 91.6 Å². The molecule has 0 rings (SSSR count). The highest BCUT2D eigenvalue weighted by Gasteiger charge is 2.22. The summed E-state index contributed by atoms with van der Waals surface area (Å²) in [6.07, 6.45) is 1.62. The van der Waals surface area contributed by atoms with Crippen molar-refractivity contribution in [3.8, 4) is 0 Å². The third-order valence-electron chi connectivity index (χ3n) is 2.73. The zero-order chi connectivity index (χ0) is 12.0. The summed E-state index contributed by atoms with van der Waals surface area (Å²) in [4.78, 5) is 22.4. The third kappa shape index (κ3) is 4.42. The minimum absolute atomic E-state index is 0.0780. The van der Waals surface area contributed by atoms with E-state index in [1.807, 2.05) is 27.7 Å². The number of carbonyl (C=O) groups is 2. The zero-order valence-corrected chi connectivity index (χ0v) is 9.99. The number of hydrogen-bond acceptors (Lipinski definition) is 3. The molecule has 0 spiro atoms. The average molecular weight is 214 g/mol. The van der Waals surface area contributed by atoms with Gasteiger partial charge in [0.05, 0.1) is 12.1 Å². The van der Waals surface area contributed by atoms with Crippen LogP contribution in [0.5, 0.6) is 0 Å². The summed E-state index contributed by atoms with van der Waals surface area (Å²) in [7, 11) is 0. The van der Waals surface area contributed by atoms with Crippen molar-refractivity contribution in [2.24, 2.45) is 17.6 Å². The Kier molecular flexibility index (Phi) is 6.17. The van der Waals surface area contributed by atoms with E-state index < -0.39 is 12.1 Å². The monoisotopic (exact) mass is 214 g/mol. The summed E-state index contributed by atoms with van der Waals surface area (Å²) in [5, 5.41) is 2.67. The Morgan fingerprint density at radius 1 is 1.40 bits per heavy atom. The Balaban J connectivity index is 4.30. The van der Waals surface area contributed by atoms with Crippen molar-refractivity contribution in [3.05, 3.63) is 0 Å². The molecule has 0 aliphatic rings. The molecular formula is C11H22N2O2. The van der Waals surface area contributed by atoms with Crippen molar-refractivity contribution in [2.75, 3.05) is 0 Å². The van der Waals surface area contributed by atoms with Gasteiger partial charge in [0.15, 0.2) is 0 Å². The van der Waals surface area contributed by atoms with Gasteiger partial charge in [0.1, 0.15) is 6.29 Å². The fraction of sp³-hybridized carbons (Fsp3) is 0.818. The van der Waals surface area contributed by atoms with Crippen molar-refractivity contribution in [1.82, 2.24) is 5.32 Å². The summed E-state index contributed by atoms with van der Waals surface area (Å²) < 4.78 is 0. The second kappa shape index (κ2) is 6.56. The molecule has 4 heteroatoms. The van der Waals surface area contributed by atoms with Gasteiger partial charge in [0, 0.05) is 0 Å². The zero-order valence-electron chi connectivity index (χ0n) is 9.99. The standard InChI is InChI=1S/C11H22N2O2/c1-5-8(4)9(6-14)13-11(15)10(12)7(2)3/h6-10H,5,12H2,1-4H3,(H,13,15)/t8-,9+,10-/m0/s1. The van der Waals surface area contributed by atoms with Gasteiger partial charge in [0.25, 0.3) is 0 Å². The first-order valence-corrected chi connectivity index (χ1v) is 5.45. The Bertz CT molecular complexity index is 217. The van der Waals surface area contributed by atoms with Crippen molar-refractivity contribution in [2.45, 2.75) is 46.2 Å². The first-order chi connectivity index (χ1) is 6.93. The molecule has 0 aromatic carbocycles. The smallest absolute Gasteiger partial charge is 0.237 e. The molecule has 0 fully saturated rings. The summed E-state index contributed by atoms with van der Waals surface area (Å²) in [5.74, 6) is -0.0255. The van der Waals surface area contributed by atoms with E-state index >= 15 is 0 Å². The first kappa shape index (κ1) is 14.1. The van der Waals surface area contributed by atoms with Gasteiger partial charge in [-0.25, -0.2) is 0 Å². The van der Waals surface area contributed by atoms with Crippen LogP contribution in [0.25, 0.3) is 0 Å². The summed E-state index contributed by atoms with van der Waals surface area (Å²) in [6.45, 7) is 7.67. The maximum Gasteiger partial charge on any atom is 0.237 e. The molecular weight excluding hydrogens is 192 g/mol. The van der Waals surface area contributed by atoms with E-state index in [2.05, 4.69) is 5.32 Å². The Hall–Kier alpha value is -0.900. The molecule has 0 aromatic heterocycles. The van der Waals surface area contributed by atoms with Crippen LogP contribution in [0.2, 0.25) is 0 Å².